The summed E-state index contributed by atoms with van der Waals surface area (Å²) in [6.45, 7) is 6.44. The number of ether oxygens (including phenoxy) is 2. The molecule has 1 aromatic heterocycles. The number of carbonyl (C=O) groups is 2. The van der Waals surface area contributed by atoms with E-state index in [0.717, 1.165) is 11.1 Å². The smallest absolute Gasteiger partial charge is 0.290 e. The lowest BCUT2D eigenvalue weighted by Gasteiger charge is -2.28. The quantitative estimate of drug-likeness (QED) is 0.241. The highest BCUT2D eigenvalue weighted by atomic mass is 35.5. The molecular formula is C32H30ClNO6. The van der Waals surface area contributed by atoms with Crippen LogP contribution in [-0.2, 0) is 16.8 Å². The average molecular weight is 560 g/mol. The highest BCUT2D eigenvalue weighted by Gasteiger charge is 2.45. The third-order valence-corrected chi connectivity index (χ3v) is 7.38. The lowest BCUT2D eigenvalue weighted by atomic mass is 9.85. The number of rotatable bonds is 7. The van der Waals surface area contributed by atoms with Gasteiger partial charge in [0.05, 0.1) is 32.4 Å². The van der Waals surface area contributed by atoms with Crippen LogP contribution in [0, 0.1) is 0 Å². The van der Waals surface area contributed by atoms with Gasteiger partial charge in [0.15, 0.2) is 22.9 Å². The number of aliphatic hydroxyl groups is 1. The molecule has 0 saturated carbocycles. The minimum absolute atomic E-state index is 0.0413. The summed E-state index contributed by atoms with van der Waals surface area (Å²) < 4.78 is 16.8. The van der Waals surface area contributed by atoms with Gasteiger partial charge in [-0.2, -0.15) is 0 Å². The number of ketones is 1. The molecule has 1 aliphatic rings. The van der Waals surface area contributed by atoms with Crippen LogP contribution in [0.15, 0.2) is 82.5 Å². The molecule has 1 N–H and O–H groups in total. The number of aliphatic hydroxyl groups excluding tert-OH is 1. The van der Waals surface area contributed by atoms with E-state index in [2.05, 4.69) is 20.8 Å². The van der Waals surface area contributed by atoms with Gasteiger partial charge in [0, 0.05) is 22.0 Å². The van der Waals surface area contributed by atoms with Gasteiger partial charge >= 0.3 is 0 Å². The Hall–Kier alpha value is -4.23. The van der Waals surface area contributed by atoms with E-state index in [1.54, 1.807) is 31.4 Å². The molecule has 0 saturated heterocycles. The first-order chi connectivity index (χ1) is 19.0. The van der Waals surface area contributed by atoms with Crippen LogP contribution in [0.2, 0.25) is 5.02 Å². The molecule has 1 amide bonds. The Balaban J connectivity index is 1.62. The van der Waals surface area contributed by atoms with Crippen LogP contribution in [0.25, 0.3) is 11.0 Å². The summed E-state index contributed by atoms with van der Waals surface area (Å²) in [5, 5.41) is 12.1. The van der Waals surface area contributed by atoms with Crippen molar-refractivity contribution in [2.75, 3.05) is 14.2 Å². The van der Waals surface area contributed by atoms with Crippen LogP contribution in [-0.4, -0.2) is 35.9 Å². The zero-order chi connectivity index (χ0) is 28.8. The van der Waals surface area contributed by atoms with E-state index in [9.17, 15) is 14.7 Å². The summed E-state index contributed by atoms with van der Waals surface area (Å²) in [7, 11) is 3.03. The molecule has 1 atom stereocenters. The SMILES string of the molecule is COc1ccccc1CN1C(=O)C(O)=C(C(=O)c2cc3cc(Cl)cc(OC)c3o2)C1c1ccc(C(C)(C)C)cc1. The third-order valence-electron chi connectivity index (χ3n) is 7.16. The molecule has 2 heterocycles. The molecule has 0 bridgehead atoms. The van der Waals surface area contributed by atoms with Crippen molar-refractivity contribution in [2.24, 2.45) is 0 Å². The number of halogens is 1. The van der Waals surface area contributed by atoms with E-state index >= 15 is 0 Å². The van der Waals surface area contributed by atoms with Crippen molar-refractivity contribution < 1.29 is 28.6 Å². The lowest BCUT2D eigenvalue weighted by Crippen LogP contribution is -2.31. The van der Waals surface area contributed by atoms with Crippen molar-refractivity contribution in [2.45, 2.75) is 38.8 Å². The van der Waals surface area contributed by atoms with Gasteiger partial charge in [-0.05, 0) is 34.7 Å². The van der Waals surface area contributed by atoms with Crippen LogP contribution >= 0.6 is 11.6 Å². The summed E-state index contributed by atoms with van der Waals surface area (Å²) in [6.07, 6.45) is 0. The molecule has 206 valence electrons. The van der Waals surface area contributed by atoms with E-state index in [4.69, 9.17) is 25.5 Å². The minimum Gasteiger partial charge on any atom is -0.503 e. The van der Waals surface area contributed by atoms with E-state index in [-0.39, 0.29) is 23.3 Å². The Morgan fingerprint density at radius 3 is 2.33 bits per heavy atom. The maximum Gasteiger partial charge on any atom is 0.290 e. The van der Waals surface area contributed by atoms with Crippen molar-refractivity contribution in [1.82, 2.24) is 4.90 Å². The fourth-order valence-corrected chi connectivity index (χ4v) is 5.28. The first kappa shape index (κ1) is 27.3. The Morgan fingerprint density at radius 2 is 1.68 bits per heavy atom. The molecule has 0 fully saturated rings. The second kappa shape index (κ2) is 10.4. The minimum atomic E-state index is -0.863. The van der Waals surface area contributed by atoms with Gasteiger partial charge in [-0.15, -0.1) is 0 Å². The number of furan rings is 1. The van der Waals surface area contributed by atoms with Crippen LogP contribution in [0.5, 0.6) is 11.5 Å². The fraction of sp³-hybridized carbons (Fsp3) is 0.250. The number of hydrogen-bond donors (Lipinski definition) is 1. The van der Waals surface area contributed by atoms with Gasteiger partial charge in [0.2, 0.25) is 5.78 Å². The predicted octanol–water partition coefficient (Wildman–Crippen LogP) is 7.18. The predicted molar refractivity (Wildman–Crippen MR) is 153 cm³/mol. The number of fused-ring (bicyclic) bond motifs is 1. The van der Waals surface area contributed by atoms with E-state index in [1.807, 2.05) is 42.5 Å². The van der Waals surface area contributed by atoms with Crippen molar-refractivity contribution in [3.05, 3.63) is 106 Å². The molecule has 0 radical (unpaired) electrons. The normalized spacial score (nSPS) is 15.7. The zero-order valence-corrected chi connectivity index (χ0v) is 23.7. The molecule has 8 heteroatoms. The molecule has 1 unspecified atom stereocenters. The van der Waals surface area contributed by atoms with Crippen molar-refractivity contribution in [3.63, 3.8) is 0 Å². The Bertz CT molecular complexity index is 1640. The highest BCUT2D eigenvalue weighted by molar-refractivity contribution is 6.31. The summed E-state index contributed by atoms with van der Waals surface area (Å²) in [6, 6.07) is 19.0. The third kappa shape index (κ3) is 4.82. The molecule has 7 nitrogen and oxygen atoms in total. The molecule has 5 rings (SSSR count). The highest BCUT2D eigenvalue weighted by Crippen LogP contribution is 2.42. The topological polar surface area (TPSA) is 89.2 Å². The van der Waals surface area contributed by atoms with Crippen molar-refractivity contribution in [1.29, 1.82) is 0 Å². The number of hydrogen-bond acceptors (Lipinski definition) is 6. The number of amides is 1. The number of carbonyl (C=O) groups excluding carboxylic acids is 2. The number of benzene rings is 3. The Labute approximate surface area is 237 Å². The van der Waals surface area contributed by atoms with Crippen molar-refractivity contribution >= 4 is 34.3 Å². The van der Waals surface area contributed by atoms with Crippen LogP contribution in [0.3, 0.4) is 0 Å². The van der Waals surface area contributed by atoms with Gasteiger partial charge in [0.1, 0.15) is 5.75 Å². The second-order valence-corrected chi connectivity index (χ2v) is 11.2. The maximum atomic E-state index is 14.0. The monoisotopic (exact) mass is 559 g/mol. The summed E-state index contributed by atoms with van der Waals surface area (Å²) in [5.74, 6) is -0.953. The van der Waals surface area contributed by atoms with Crippen molar-refractivity contribution in [3.8, 4) is 11.5 Å². The fourth-order valence-electron chi connectivity index (χ4n) is 5.06. The molecule has 0 aliphatic carbocycles. The van der Waals surface area contributed by atoms with E-state index < -0.39 is 23.5 Å². The number of methoxy groups -OCH3 is 2. The van der Waals surface area contributed by atoms with Gasteiger partial charge in [-0.25, -0.2) is 0 Å². The molecular weight excluding hydrogens is 530 g/mol. The first-order valence-electron chi connectivity index (χ1n) is 12.8. The van der Waals surface area contributed by atoms with E-state index in [1.165, 1.54) is 12.0 Å². The largest absolute Gasteiger partial charge is 0.503 e. The Morgan fingerprint density at radius 1 is 1.00 bits per heavy atom. The lowest BCUT2D eigenvalue weighted by molar-refractivity contribution is -0.130. The number of para-hydroxylation sites is 1. The second-order valence-electron chi connectivity index (χ2n) is 10.7. The zero-order valence-electron chi connectivity index (χ0n) is 22.9. The summed E-state index contributed by atoms with van der Waals surface area (Å²) in [5.41, 5.74) is 2.70. The summed E-state index contributed by atoms with van der Waals surface area (Å²) >= 11 is 6.21. The number of Topliss-reactive ketones (excluding diaryl/α,β-unsaturated/α-hetero) is 1. The average Bonchev–Trinajstić information content (AvgIpc) is 3.47. The van der Waals surface area contributed by atoms with Gasteiger partial charge in [-0.1, -0.05) is 74.8 Å². The van der Waals surface area contributed by atoms with Crippen LogP contribution in [0.1, 0.15) is 54.1 Å². The van der Waals surface area contributed by atoms with Crippen LogP contribution in [0.4, 0.5) is 0 Å². The molecule has 1 aliphatic heterocycles. The van der Waals surface area contributed by atoms with Crippen LogP contribution < -0.4 is 9.47 Å². The van der Waals surface area contributed by atoms with Gasteiger partial charge < -0.3 is 23.9 Å². The Kier molecular flexibility index (Phi) is 7.10. The molecule has 3 aromatic carbocycles. The standard InChI is InChI=1S/C32H30ClNO6/c1-32(2,3)21-12-10-18(11-13-21)27-26(28(35)24-15-20-14-22(33)16-25(39-5)30(20)40-24)29(36)31(37)34(27)17-19-8-6-7-9-23(19)38-4/h6-16,27,36H,17H2,1-5H3. The maximum absolute atomic E-state index is 14.0. The summed E-state index contributed by atoms with van der Waals surface area (Å²) in [4.78, 5) is 29.0. The molecule has 40 heavy (non-hydrogen) atoms. The van der Waals surface area contributed by atoms with E-state index in [0.29, 0.717) is 33.1 Å². The molecule has 4 aromatic rings. The number of nitrogens with zero attached hydrogens (tertiary/aromatic N) is 1. The first-order valence-corrected chi connectivity index (χ1v) is 13.2. The molecule has 0 spiro atoms. The van der Waals surface area contributed by atoms with Gasteiger partial charge in [0.25, 0.3) is 5.91 Å². The van der Waals surface area contributed by atoms with Gasteiger partial charge in [-0.3, -0.25) is 9.59 Å².